The lowest BCUT2D eigenvalue weighted by atomic mass is 9.92. The number of carbonyl (C=O) groups is 2. The number of amides is 2. The Bertz CT molecular complexity index is 771. The topological polar surface area (TPSA) is 98.4 Å². The van der Waals surface area contributed by atoms with Gasteiger partial charge in [0.15, 0.2) is 0 Å². The summed E-state index contributed by atoms with van der Waals surface area (Å²) in [4.78, 5) is 24.1. The Morgan fingerprint density at radius 2 is 2.04 bits per heavy atom. The summed E-state index contributed by atoms with van der Waals surface area (Å²) in [5.74, 6) is -0.112. The lowest BCUT2D eigenvalue weighted by Gasteiger charge is -2.26. The normalized spacial score (nSPS) is 15.9. The number of hydrogen-bond donors (Lipinski definition) is 3. The van der Waals surface area contributed by atoms with Gasteiger partial charge in [-0.2, -0.15) is 0 Å². The zero-order valence-electron chi connectivity index (χ0n) is 14.7. The van der Waals surface area contributed by atoms with Crippen LogP contribution in [0.1, 0.15) is 12.8 Å². The maximum absolute atomic E-state index is 12.4. The minimum atomic E-state index is -0.544. The molecule has 7 nitrogen and oxygen atoms in total. The van der Waals surface area contributed by atoms with Crippen molar-refractivity contribution in [1.82, 2.24) is 9.88 Å². The van der Waals surface area contributed by atoms with Crippen molar-refractivity contribution in [3.8, 4) is 0 Å². The van der Waals surface area contributed by atoms with E-state index in [4.69, 9.17) is 10.5 Å². The summed E-state index contributed by atoms with van der Waals surface area (Å²) >= 11 is 0. The van der Waals surface area contributed by atoms with Crippen LogP contribution in [0, 0.1) is 5.92 Å². The van der Waals surface area contributed by atoms with Gasteiger partial charge in [-0.15, -0.1) is 12.4 Å². The number of anilines is 1. The Balaban J connectivity index is 0.00000243. The highest BCUT2D eigenvalue weighted by molar-refractivity contribution is 5.97. The Morgan fingerprint density at radius 1 is 1.31 bits per heavy atom. The molecule has 0 spiro atoms. The summed E-state index contributed by atoms with van der Waals surface area (Å²) in [6.45, 7) is 1.55. The number of likely N-dealkylation sites (N-methyl/N-ethyl adjacent to an activating group) is 1. The molecule has 3 rings (SSSR count). The molecule has 26 heavy (non-hydrogen) atoms. The van der Waals surface area contributed by atoms with E-state index in [1.54, 1.807) is 7.05 Å². The van der Waals surface area contributed by atoms with Crippen LogP contribution in [-0.2, 0) is 20.9 Å². The summed E-state index contributed by atoms with van der Waals surface area (Å²) in [6, 6.07) is 7.04. The third kappa shape index (κ3) is 4.55. The van der Waals surface area contributed by atoms with Gasteiger partial charge >= 0.3 is 0 Å². The number of benzene rings is 1. The Labute approximate surface area is 158 Å². The van der Waals surface area contributed by atoms with Crippen molar-refractivity contribution >= 4 is 40.8 Å². The molecule has 0 bridgehead atoms. The fourth-order valence-corrected chi connectivity index (χ4v) is 3.15. The fraction of sp³-hybridized carbons (Fsp3) is 0.444. The standard InChI is InChI=1S/C18H24N4O3.ClH/c1-20-16(23)11-22-7-4-12-2-3-14(10-15(12)22)21-18(24)17(19)13-5-8-25-9-6-13;/h2-4,7,10,13,17H,5-6,8-9,11,19H2,1H3,(H,20,23)(H,21,24);1H. The molecule has 8 heteroatoms. The van der Waals surface area contributed by atoms with Crippen LogP contribution in [0.15, 0.2) is 30.5 Å². The molecule has 2 heterocycles. The van der Waals surface area contributed by atoms with Crippen molar-refractivity contribution in [3.63, 3.8) is 0 Å². The zero-order valence-corrected chi connectivity index (χ0v) is 15.6. The first kappa shape index (κ1) is 20.2. The quantitative estimate of drug-likeness (QED) is 0.732. The molecule has 0 saturated carbocycles. The number of halogens is 1. The molecule has 1 aromatic heterocycles. The molecule has 4 N–H and O–H groups in total. The van der Waals surface area contributed by atoms with E-state index >= 15 is 0 Å². The molecule has 1 saturated heterocycles. The monoisotopic (exact) mass is 380 g/mol. The minimum absolute atomic E-state index is 0. The predicted molar refractivity (Wildman–Crippen MR) is 103 cm³/mol. The molecule has 0 radical (unpaired) electrons. The highest BCUT2D eigenvalue weighted by Gasteiger charge is 2.26. The lowest BCUT2D eigenvalue weighted by molar-refractivity contribution is -0.121. The molecule has 1 aliphatic rings. The van der Waals surface area contributed by atoms with E-state index in [0.717, 1.165) is 23.7 Å². The van der Waals surface area contributed by atoms with Crippen LogP contribution in [0.25, 0.3) is 10.9 Å². The van der Waals surface area contributed by atoms with Crippen molar-refractivity contribution in [1.29, 1.82) is 0 Å². The van der Waals surface area contributed by atoms with E-state index in [1.807, 2.05) is 35.0 Å². The second kappa shape index (κ2) is 9.02. The predicted octanol–water partition coefficient (Wildman–Crippen LogP) is 1.50. The molecule has 1 fully saturated rings. The summed E-state index contributed by atoms with van der Waals surface area (Å²) in [7, 11) is 1.61. The number of nitrogens with two attached hydrogens (primary N) is 1. The van der Waals surface area contributed by atoms with Crippen molar-refractivity contribution in [2.24, 2.45) is 11.7 Å². The van der Waals surface area contributed by atoms with Crippen molar-refractivity contribution in [2.75, 3.05) is 25.6 Å². The average Bonchev–Trinajstić information content (AvgIpc) is 3.03. The lowest BCUT2D eigenvalue weighted by Crippen LogP contribution is -2.44. The number of hydrogen-bond acceptors (Lipinski definition) is 4. The number of carbonyl (C=O) groups excluding carboxylic acids is 2. The highest BCUT2D eigenvalue weighted by Crippen LogP contribution is 2.22. The van der Waals surface area contributed by atoms with E-state index in [1.165, 1.54) is 0 Å². The van der Waals surface area contributed by atoms with Gasteiger partial charge in [0.2, 0.25) is 11.8 Å². The molecule has 1 aliphatic heterocycles. The van der Waals surface area contributed by atoms with Gasteiger partial charge in [0.1, 0.15) is 6.54 Å². The molecular weight excluding hydrogens is 356 g/mol. The Hall–Kier alpha value is -2.09. The summed E-state index contributed by atoms with van der Waals surface area (Å²) in [6.07, 6.45) is 3.48. The first-order valence-electron chi connectivity index (χ1n) is 8.52. The number of aromatic nitrogens is 1. The van der Waals surface area contributed by atoms with E-state index in [9.17, 15) is 9.59 Å². The first-order valence-corrected chi connectivity index (χ1v) is 8.52. The van der Waals surface area contributed by atoms with Crippen LogP contribution >= 0.6 is 12.4 Å². The molecular formula is C18H25ClN4O3. The van der Waals surface area contributed by atoms with Crippen LogP contribution in [0.5, 0.6) is 0 Å². The van der Waals surface area contributed by atoms with Gasteiger partial charge in [0.05, 0.1) is 11.6 Å². The van der Waals surface area contributed by atoms with Crippen molar-refractivity contribution in [2.45, 2.75) is 25.4 Å². The van der Waals surface area contributed by atoms with E-state index in [2.05, 4.69) is 10.6 Å². The molecule has 1 aromatic carbocycles. The van der Waals surface area contributed by atoms with Gasteiger partial charge in [-0.25, -0.2) is 0 Å². The number of nitrogens with zero attached hydrogens (tertiary/aromatic N) is 1. The van der Waals surface area contributed by atoms with E-state index in [-0.39, 0.29) is 36.7 Å². The van der Waals surface area contributed by atoms with Gasteiger partial charge in [-0.05, 0) is 42.3 Å². The van der Waals surface area contributed by atoms with Gasteiger partial charge in [-0.1, -0.05) is 6.07 Å². The molecule has 1 atom stereocenters. The van der Waals surface area contributed by atoms with Gasteiger partial charge in [0, 0.05) is 32.1 Å². The average molecular weight is 381 g/mol. The SMILES string of the molecule is CNC(=O)Cn1ccc2ccc(NC(=O)C(N)C3CCOCC3)cc21.Cl. The summed E-state index contributed by atoms with van der Waals surface area (Å²) < 4.78 is 7.17. The van der Waals surface area contributed by atoms with Gasteiger partial charge < -0.3 is 25.7 Å². The largest absolute Gasteiger partial charge is 0.381 e. The van der Waals surface area contributed by atoms with Gasteiger partial charge in [0.25, 0.3) is 0 Å². The smallest absolute Gasteiger partial charge is 0.241 e. The fourth-order valence-electron chi connectivity index (χ4n) is 3.15. The zero-order chi connectivity index (χ0) is 17.8. The first-order chi connectivity index (χ1) is 12.1. The molecule has 1 unspecified atom stereocenters. The van der Waals surface area contributed by atoms with Crippen LogP contribution in [0.2, 0.25) is 0 Å². The molecule has 142 valence electrons. The van der Waals surface area contributed by atoms with Crippen molar-refractivity contribution < 1.29 is 14.3 Å². The Kier molecular flexibility index (Phi) is 7.02. The number of rotatable bonds is 5. The Morgan fingerprint density at radius 3 is 2.73 bits per heavy atom. The molecule has 2 aromatic rings. The van der Waals surface area contributed by atoms with E-state index < -0.39 is 6.04 Å². The summed E-state index contributed by atoms with van der Waals surface area (Å²) in [5, 5.41) is 6.52. The summed E-state index contributed by atoms with van der Waals surface area (Å²) in [5.41, 5.74) is 7.69. The maximum atomic E-state index is 12.4. The third-order valence-corrected chi connectivity index (χ3v) is 4.71. The van der Waals surface area contributed by atoms with Crippen LogP contribution in [0.4, 0.5) is 5.69 Å². The second-order valence-electron chi connectivity index (χ2n) is 6.36. The van der Waals surface area contributed by atoms with Crippen molar-refractivity contribution in [3.05, 3.63) is 30.5 Å². The van der Waals surface area contributed by atoms with Gasteiger partial charge in [-0.3, -0.25) is 9.59 Å². The number of ether oxygens (including phenoxy) is 1. The maximum Gasteiger partial charge on any atom is 0.241 e. The highest BCUT2D eigenvalue weighted by atomic mass is 35.5. The van der Waals surface area contributed by atoms with Crippen LogP contribution in [-0.4, -0.2) is 42.7 Å². The number of nitrogens with one attached hydrogen (secondary N) is 2. The molecule has 2 amide bonds. The van der Waals surface area contributed by atoms with Crippen LogP contribution < -0.4 is 16.4 Å². The van der Waals surface area contributed by atoms with Crippen LogP contribution in [0.3, 0.4) is 0 Å². The second-order valence-corrected chi connectivity index (χ2v) is 6.36. The van der Waals surface area contributed by atoms with E-state index in [0.29, 0.717) is 18.9 Å². The third-order valence-electron chi connectivity index (χ3n) is 4.71. The number of fused-ring (bicyclic) bond motifs is 1. The molecule has 0 aliphatic carbocycles. The minimum Gasteiger partial charge on any atom is -0.381 e.